The molecule has 0 aromatic heterocycles. The number of hydrogen-bond acceptors (Lipinski definition) is 7. The first-order valence-corrected chi connectivity index (χ1v) is 17.6. The maximum atomic E-state index is 14.7. The molecule has 0 N–H and O–H groups in total. The molecule has 0 fully saturated rings. The van der Waals surface area contributed by atoms with Crippen LogP contribution in [0.1, 0.15) is 142 Å². The number of esters is 3. The molecule has 0 spiro atoms. The summed E-state index contributed by atoms with van der Waals surface area (Å²) in [5.74, 6) is -1.88. The Morgan fingerprint density at radius 2 is 1.06 bits per heavy atom. The molecule has 0 amide bonds. The van der Waals surface area contributed by atoms with Crippen LogP contribution in [0.4, 0.5) is 4.39 Å². The number of rotatable bonds is 22. The van der Waals surface area contributed by atoms with E-state index in [1.807, 2.05) is 6.92 Å². The highest BCUT2D eigenvalue weighted by Crippen LogP contribution is 2.22. The topological polar surface area (TPSA) is 88.1 Å². The fourth-order valence-electron chi connectivity index (χ4n) is 5.17. The van der Waals surface area contributed by atoms with Crippen molar-refractivity contribution in [3.63, 3.8) is 0 Å². The van der Waals surface area contributed by atoms with Crippen LogP contribution >= 0.6 is 0 Å². The third kappa shape index (κ3) is 13.9. The molecule has 0 aliphatic heterocycles. The molecule has 3 aromatic rings. The monoisotopic (exact) mass is 662 g/mol. The molecule has 48 heavy (non-hydrogen) atoms. The summed E-state index contributed by atoms with van der Waals surface area (Å²) in [7, 11) is 0. The highest BCUT2D eigenvalue weighted by atomic mass is 19.1. The first-order chi connectivity index (χ1) is 23.3. The SMILES string of the molecule is CCCCCCCCCCCOc1ccc(C(=O)Oc2ccc(C(=O)Oc3ccc(C(=O)OC(C)CCCCCC)cc3)cc2)c(F)c1. The summed E-state index contributed by atoms with van der Waals surface area (Å²) in [5, 5.41) is 0. The minimum Gasteiger partial charge on any atom is -0.493 e. The molecule has 1 unspecified atom stereocenters. The Balaban J connectivity index is 1.40. The van der Waals surface area contributed by atoms with Crippen molar-refractivity contribution in [2.45, 2.75) is 117 Å². The average Bonchev–Trinajstić information content (AvgIpc) is 3.08. The molecular weight excluding hydrogens is 611 g/mol. The van der Waals surface area contributed by atoms with Gasteiger partial charge < -0.3 is 18.9 Å². The summed E-state index contributed by atoms with van der Waals surface area (Å²) in [6.45, 7) is 6.75. The third-order valence-corrected chi connectivity index (χ3v) is 8.05. The molecule has 0 saturated heterocycles. The Labute approximate surface area is 285 Å². The van der Waals surface area contributed by atoms with Gasteiger partial charge in [-0.05, 0) is 86.8 Å². The fraction of sp³-hybridized carbons (Fsp3) is 0.475. The van der Waals surface area contributed by atoms with E-state index < -0.39 is 23.7 Å². The number of unbranched alkanes of at least 4 members (excludes halogenated alkanes) is 11. The average molecular weight is 663 g/mol. The lowest BCUT2D eigenvalue weighted by Gasteiger charge is -2.13. The number of ether oxygens (including phenoxy) is 4. The first-order valence-electron chi connectivity index (χ1n) is 17.6. The van der Waals surface area contributed by atoms with Crippen molar-refractivity contribution < 1.29 is 37.7 Å². The van der Waals surface area contributed by atoms with Crippen LogP contribution in [0.2, 0.25) is 0 Å². The molecule has 1 atom stereocenters. The van der Waals surface area contributed by atoms with Crippen LogP contribution in [0.3, 0.4) is 0 Å². The van der Waals surface area contributed by atoms with Gasteiger partial charge in [0.1, 0.15) is 23.1 Å². The molecule has 0 heterocycles. The molecule has 0 saturated carbocycles. The van der Waals surface area contributed by atoms with Gasteiger partial charge in [0.25, 0.3) is 0 Å². The van der Waals surface area contributed by atoms with Gasteiger partial charge in [-0.1, -0.05) is 84.5 Å². The number of benzene rings is 3. The van der Waals surface area contributed by atoms with Crippen LogP contribution in [0.15, 0.2) is 66.7 Å². The quantitative estimate of drug-likeness (QED) is 0.0601. The maximum Gasteiger partial charge on any atom is 0.346 e. The van der Waals surface area contributed by atoms with E-state index in [2.05, 4.69) is 13.8 Å². The summed E-state index contributed by atoms with van der Waals surface area (Å²) in [4.78, 5) is 37.7. The first kappa shape index (κ1) is 38.2. The van der Waals surface area contributed by atoms with E-state index in [1.165, 1.54) is 99.9 Å². The van der Waals surface area contributed by atoms with Gasteiger partial charge in [0.05, 0.1) is 29.4 Å². The molecule has 8 heteroatoms. The van der Waals surface area contributed by atoms with Crippen LogP contribution in [0, 0.1) is 5.82 Å². The Bertz CT molecular complexity index is 1400. The molecule has 7 nitrogen and oxygen atoms in total. The van der Waals surface area contributed by atoms with Crippen molar-refractivity contribution in [2.24, 2.45) is 0 Å². The van der Waals surface area contributed by atoms with Crippen molar-refractivity contribution in [3.8, 4) is 17.2 Å². The van der Waals surface area contributed by atoms with Crippen LogP contribution in [0.5, 0.6) is 17.2 Å². The van der Waals surface area contributed by atoms with Gasteiger partial charge in [-0.15, -0.1) is 0 Å². The Morgan fingerprint density at radius 1 is 0.583 bits per heavy atom. The maximum absolute atomic E-state index is 14.7. The van der Waals surface area contributed by atoms with E-state index in [1.54, 1.807) is 18.2 Å². The van der Waals surface area contributed by atoms with E-state index in [0.29, 0.717) is 17.9 Å². The lowest BCUT2D eigenvalue weighted by atomic mass is 10.1. The van der Waals surface area contributed by atoms with Gasteiger partial charge in [0.2, 0.25) is 0 Å². The van der Waals surface area contributed by atoms with E-state index >= 15 is 0 Å². The van der Waals surface area contributed by atoms with E-state index in [-0.39, 0.29) is 28.7 Å². The summed E-state index contributed by atoms with van der Waals surface area (Å²) in [6, 6.07) is 16.0. The molecule has 0 aliphatic carbocycles. The highest BCUT2D eigenvalue weighted by Gasteiger charge is 2.17. The molecule has 260 valence electrons. The van der Waals surface area contributed by atoms with Gasteiger partial charge in [-0.3, -0.25) is 0 Å². The zero-order valence-electron chi connectivity index (χ0n) is 28.8. The van der Waals surface area contributed by atoms with E-state index in [0.717, 1.165) is 38.5 Å². The summed E-state index contributed by atoms with van der Waals surface area (Å²) in [5.41, 5.74) is 0.367. The van der Waals surface area contributed by atoms with Gasteiger partial charge >= 0.3 is 17.9 Å². The Morgan fingerprint density at radius 3 is 1.62 bits per heavy atom. The number of hydrogen-bond donors (Lipinski definition) is 0. The smallest absolute Gasteiger partial charge is 0.346 e. The second kappa shape index (κ2) is 21.6. The van der Waals surface area contributed by atoms with E-state index in [9.17, 15) is 18.8 Å². The van der Waals surface area contributed by atoms with Crippen molar-refractivity contribution in [2.75, 3.05) is 6.61 Å². The number of halogens is 1. The fourth-order valence-corrected chi connectivity index (χ4v) is 5.17. The molecule has 0 bridgehead atoms. The minimum atomic E-state index is -0.863. The number of carbonyl (C=O) groups excluding carboxylic acids is 3. The van der Waals surface area contributed by atoms with Crippen molar-refractivity contribution >= 4 is 17.9 Å². The Hall–Kier alpha value is -4.20. The molecule has 0 aliphatic rings. The Kier molecular flexibility index (Phi) is 17.2. The normalized spacial score (nSPS) is 11.5. The second-order valence-corrected chi connectivity index (χ2v) is 12.2. The van der Waals surface area contributed by atoms with Crippen LogP contribution in [-0.4, -0.2) is 30.6 Å². The lowest BCUT2D eigenvalue weighted by Crippen LogP contribution is -2.15. The summed E-state index contributed by atoms with van der Waals surface area (Å²) >= 11 is 0. The molecular formula is C40H51FO7. The van der Waals surface area contributed by atoms with Crippen LogP contribution in [-0.2, 0) is 4.74 Å². The molecule has 0 radical (unpaired) electrons. The standard InChI is InChI=1S/C40H51FO7/c1-4-6-8-10-11-12-13-14-16-28-45-35-26-27-36(37(41)29-35)40(44)48-34-24-20-32(21-25-34)39(43)47-33-22-18-31(19-23-33)38(42)46-30(3)17-15-9-7-5-2/h18-27,29-30H,4-17,28H2,1-3H3. The van der Waals surface area contributed by atoms with Crippen molar-refractivity contribution in [3.05, 3.63) is 89.2 Å². The third-order valence-electron chi connectivity index (χ3n) is 8.05. The second-order valence-electron chi connectivity index (χ2n) is 12.2. The predicted octanol–water partition coefficient (Wildman–Crippen LogP) is 10.7. The zero-order valence-corrected chi connectivity index (χ0v) is 28.8. The van der Waals surface area contributed by atoms with Crippen molar-refractivity contribution in [1.29, 1.82) is 0 Å². The van der Waals surface area contributed by atoms with Gasteiger partial charge in [0, 0.05) is 6.07 Å². The predicted molar refractivity (Wildman–Crippen MR) is 186 cm³/mol. The zero-order chi connectivity index (χ0) is 34.6. The number of carbonyl (C=O) groups is 3. The van der Waals surface area contributed by atoms with Gasteiger partial charge in [-0.2, -0.15) is 0 Å². The minimum absolute atomic E-state index is 0.143. The molecule has 3 aromatic carbocycles. The van der Waals surface area contributed by atoms with Crippen molar-refractivity contribution in [1.82, 2.24) is 0 Å². The van der Waals surface area contributed by atoms with Crippen LogP contribution in [0.25, 0.3) is 0 Å². The van der Waals surface area contributed by atoms with Crippen LogP contribution < -0.4 is 14.2 Å². The van der Waals surface area contributed by atoms with E-state index in [4.69, 9.17) is 18.9 Å². The van der Waals surface area contributed by atoms with Gasteiger partial charge in [-0.25, -0.2) is 18.8 Å². The summed E-state index contributed by atoms with van der Waals surface area (Å²) in [6.07, 6.45) is 15.9. The molecule has 3 rings (SSSR count). The highest BCUT2D eigenvalue weighted by molar-refractivity contribution is 5.93. The lowest BCUT2D eigenvalue weighted by molar-refractivity contribution is 0.0319. The largest absolute Gasteiger partial charge is 0.493 e. The van der Waals surface area contributed by atoms with Gasteiger partial charge in [0.15, 0.2) is 0 Å². The summed E-state index contributed by atoms with van der Waals surface area (Å²) < 4.78 is 36.6.